The van der Waals surface area contributed by atoms with Crippen molar-refractivity contribution >= 4 is 5.78 Å². The molecule has 13 heavy (non-hydrogen) atoms. The van der Waals surface area contributed by atoms with Crippen molar-refractivity contribution in [3.63, 3.8) is 0 Å². The van der Waals surface area contributed by atoms with E-state index in [9.17, 15) is 4.79 Å². The Morgan fingerprint density at radius 3 is 2.15 bits per heavy atom. The molecule has 0 N–H and O–H groups in total. The van der Waals surface area contributed by atoms with Gasteiger partial charge in [0.25, 0.3) is 0 Å². The van der Waals surface area contributed by atoms with Gasteiger partial charge in [-0.15, -0.1) is 0 Å². The molecular formula is C12H18O. The van der Waals surface area contributed by atoms with Gasteiger partial charge in [0.15, 0.2) is 0 Å². The van der Waals surface area contributed by atoms with Crippen LogP contribution in [0.5, 0.6) is 0 Å². The van der Waals surface area contributed by atoms with E-state index in [-0.39, 0.29) is 0 Å². The van der Waals surface area contributed by atoms with Crippen LogP contribution < -0.4 is 0 Å². The number of ketones is 1. The fourth-order valence-electron chi connectivity index (χ4n) is 0.808. The van der Waals surface area contributed by atoms with Crippen molar-refractivity contribution in [2.24, 2.45) is 0 Å². The van der Waals surface area contributed by atoms with E-state index in [4.69, 9.17) is 0 Å². The monoisotopic (exact) mass is 178 g/mol. The fourth-order valence-corrected chi connectivity index (χ4v) is 0.808. The largest absolute Gasteiger partial charge is 0.300 e. The van der Waals surface area contributed by atoms with Crippen LogP contribution in [0.2, 0.25) is 0 Å². The van der Waals surface area contributed by atoms with Crippen LogP contribution in [-0.4, -0.2) is 5.78 Å². The number of carbonyl (C=O) groups is 1. The summed E-state index contributed by atoms with van der Waals surface area (Å²) in [7, 11) is 0. The van der Waals surface area contributed by atoms with Gasteiger partial charge in [-0.1, -0.05) is 50.3 Å². The van der Waals surface area contributed by atoms with Gasteiger partial charge in [-0.05, 0) is 6.42 Å². The first-order chi connectivity index (χ1) is 6.20. The fraction of sp³-hybridized carbons (Fsp3) is 0.417. The SMILES string of the molecule is C=C1C=CC=CC1.CCC(=O)CC. The Morgan fingerprint density at radius 2 is 2.00 bits per heavy atom. The van der Waals surface area contributed by atoms with Gasteiger partial charge in [0, 0.05) is 12.8 Å². The summed E-state index contributed by atoms with van der Waals surface area (Å²) in [5.41, 5.74) is 1.20. The molecule has 1 aliphatic rings. The van der Waals surface area contributed by atoms with Crippen LogP contribution in [-0.2, 0) is 4.79 Å². The number of hydrogen-bond donors (Lipinski definition) is 0. The molecule has 0 heterocycles. The number of allylic oxidation sites excluding steroid dienone is 5. The Morgan fingerprint density at radius 1 is 1.38 bits per heavy atom. The summed E-state index contributed by atoms with van der Waals surface area (Å²) < 4.78 is 0. The zero-order valence-electron chi connectivity index (χ0n) is 8.55. The van der Waals surface area contributed by atoms with Gasteiger partial charge in [0.05, 0.1) is 0 Å². The highest BCUT2D eigenvalue weighted by Gasteiger charge is 1.86. The molecule has 0 aliphatic heterocycles. The molecule has 0 radical (unpaired) electrons. The summed E-state index contributed by atoms with van der Waals surface area (Å²) in [5.74, 6) is 0.343. The average molecular weight is 178 g/mol. The smallest absolute Gasteiger partial charge is 0.132 e. The second-order valence-corrected chi connectivity index (χ2v) is 2.90. The van der Waals surface area contributed by atoms with Crippen LogP contribution in [0.25, 0.3) is 0 Å². The lowest BCUT2D eigenvalue weighted by Crippen LogP contribution is -1.88. The first-order valence-electron chi connectivity index (χ1n) is 4.73. The lowest BCUT2D eigenvalue weighted by molar-refractivity contribution is -0.118. The van der Waals surface area contributed by atoms with E-state index in [1.807, 2.05) is 32.1 Å². The van der Waals surface area contributed by atoms with Gasteiger partial charge in [-0.2, -0.15) is 0 Å². The number of rotatable bonds is 2. The molecule has 1 nitrogen and oxygen atoms in total. The maximum absolute atomic E-state index is 10.2. The predicted molar refractivity (Wildman–Crippen MR) is 57.6 cm³/mol. The van der Waals surface area contributed by atoms with Gasteiger partial charge < -0.3 is 0 Å². The van der Waals surface area contributed by atoms with E-state index in [0.29, 0.717) is 18.6 Å². The molecule has 0 saturated carbocycles. The second kappa shape index (κ2) is 7.53. The minimum absolute atomic E-state index is 0.343. The summed E-state index contributed by atoms with van der Waals surface area (Å²) in [6.45, 7) is 7.54. The molecule has 1 rings (SSSR count). The van der Waals surface area contributed by atoms with Crippen LogP contribution in [0.4, 0.5) is 0 Å². The highest BCUT2D eigenvalue weighted by atomic mass is 16.1. The van der Waals surface area contributed by atoms with Crippen molar-refractivity contribution in [1.82, 2.24) is 0 Å². The summed E-state index contributed by atoms with van der Waals surface area (Å²) in [6.07, 6.45) is 10.6. The van der Waals surface area contributed by atoms with Gasteiger partial charge in [-0.25, -0.2) is 0 Å². The predicted octanol–water partition coefficient (Wildman–Crippen LogP) is 3.43. The molecule has 0 aromatic rings. The van der Waals surface area contributed by atoms with Crippen LogP contribution in [0.3, 0.4) is 0 Å². The van der Waals surface area contributed by atoms with Gasteiger partial charge in [0.2, 0.25) is 0 Å². The Kier molecular flexibility index (Phi) is 6.89. The first kappa shape index (κ1) is 11.9. The van der Waals surface area contributed by atoms with E-state index >= 15 is 0 Å². The Hall–Kier alpha value is -1.11. The molecule has 0 fully saturated rings. The first-order valence-corrected chi connectivity index (χ1v) is 4.73. The van der Waals surface area contributed by atoms with Gasteiger partial charge in [0.1, 0.15) is 5.78 Å². The minimum atomic E-state index is 0.343. The average Bonchev–Trinajstić information content (AvgIpc) is 2.19. The summed E-state index contributed by atoms with van der Waals surface area (Å²) >= 11 is 0. The summed E-state index contributed by atoms with van der Waals surface area (Å²) in [6, 6.07) is 0. The maximum Gasteiger partial charge on any atom is 0.132 e. The molecular weight excluding hydrogens is 160 g/mol. The van der Waals surface area contributed by atoms with Crippen molar-refractivity contribution in [2.75, 3.05) is 0 Å². The van der Waals surface area contributed by atoms with Crippen LogP contribution in [0.1, 0.15) is 33.1 Å². The molecule has 0 aromatic heterocycles. The minimum Gasteiger partial charge on any atom is -0.300 e. The number of Topliss-reactive ketones (excluding diaryl/α,β-unsaturated/α-hetero) is 1. The molecule has 0 atom stereocenters. The quantitative estimate of drug-likeness (QED) is 0.633. The number of carbonyl (C=O) groups excluding carboxylic acids is 1. The highest BCUT2D eigenvalue weighted by Crippen LogP contribution is 2.05. The lowest BCUT2D eigenvalue weighted by atomic mass is 10.1. The van der Waals surface area contributed by atoms with Gasteiger partial charge >= 0.3 is 0 Å². The third kappa shape index (κ3) is 7.26. The molecule has 0 saturated heterocycles. The van der Waals surface area contributed by atoms with E-state index in [1.54, 1.807) is 0 Å². The van der Waals surface area contributed by atoms with E-state index < -0.39 is 0 Å². The third-order valence-electron chi connectivity index (χ3n) is 1.75. The van der Waals surface area contributed by atoms with Crippen LogP contribution in [0, 0.1) is 0 Å². The van der Waals surface area contributed by atoms with Crippen LogP contribution in [0.15, 0.2) is 36.5 Å². The van der Waals surface area contributed by atoms with Gasteiger partial charge in [-0.3, -0.25) is 4.79 Å². The third-order valence-corrected chi connectivity index (χ3v) is 1.75. The number of hydrogen-bond acceptors (Lipinski definition) is 1. The summed E-state index contributed by atoms with van der Waals surface area (Å²) in [5, 5.41) is 0. The van der Waals surface area contributed by atoms with E-state index in [1.165, 1.54) is 5.57 Å². The summed E-state index contributed by atoms with van der Waals surface area (Å²) in [4.78, 5) is 10.2. The maximum atomic E-state index is 10.2. The zero-order valence-corrected chi connectivity index (χ0v) is 8.55. The lowest BCUT2D eigenvalue weighted by Gasteiger charge is -1.94. The van der Waals surface area contributed by atoms with Crippen molar-refractivity contribution in [2.45, 2.75) is 33.1 Å². The second-order valence-electron chi connectivity index (χ2n) is 2.90. The highest BCUT2D eigenvalue weighted by molar-refractivity contribution is 5.77. The topological polar surface area (TPSA) is 17.1 Å². The molecule has 1 heteroatoms. The van der Waals surface area contributed by atoms with E-state index in [2.05, 4.69) is 12.7 Å². The van der Waals surface area contributed by atoms with Crippen molar-refractivity contribution < 1.29 is 4.79 Å². The zero-order chi connectivity index (χ0) is 10.1. The standard InChI is InChI=1S/C7H8.C5H10O/c1-7-5-3-2-4-6-7;1-3-5(6)4-2/h2-5H,1,6H2;3-4H2,1-2H3. The normalized spacial score (nSPS) is 13.5. The van der Waals surface area contributed by atoms with E-state index in [0.717, 1.165) is 6.42 Å². The van der Waals surface area contributed by atoms with Crippen molar-refractivity contribution in [3.05, 3.63) is 36.5 Å². The molecule has 0 spiro atoms. The van der Waals surface area contributed by atoms with Crippen molar-refractivity contribution in [3.8, 4) is 0 Å². The van der Waals surface area contributed by atoms with Crippen LogP contribution >= 0.6 is 0 Å². The molecule has 0 unspecified atom stereocenters. The molecule has 1 aliphatic carbocycles. The Bertz CT molecular complexity index is 215. The molecule has 0 bridgehead atoms. The Labute approximate surface area is 80.8 Å². The molecule has 0 aromatic carbocycles. The molecule has 0 amide bonds. The molecule has 72 valence electrons. The Balaban J connectivity index is 0.000000226. The van der Waals surface area contributed by atoms with Crippen molar-refractivity contribution in [1.29, 1.82) is 0 Å².